The van der Waals surface area contributed by atoms with Crippen LogP contribution < -0.4 is 18.9 Å². The van der Waals surface area contributed by atoms with Crippen molar-refractivity contribution in [2.24, 2.45) is 0 Å². The largest absolute Gasteiger partial charge is 0.493 e. The van der Waals surface area contributed by atoms with E-state index in [1.165, 1.54) is 26.4 Å². The third-order valence-corrected chi connectivity index (χ3v) is 3.84. The monoisotopic (exact) mass is 362 g/mol. The van der Waals surface area contributed by atoms with Crippen molar-refractivity contribution in [3.8, 4) is 23.0 Å². The lowest BCUT2D eigenvalue weighted by Gasteiger charge is -2.19. The lowest BCUT2D eigenvalue weighted by atomic mass is 9.98. The van der Waals surface area contributed by atoms with Crippen molar-refractivity contribution in [2.75, 3.05) is 20.8 Å². The molecule has 26 heavy (non-hydrogen) atoms. The van der Waals surface area contributed by atoms with Gasteiger partial charge in [0.1, 0.15) is 12.4 Å². The number of ketones is 1. The van der Waals surface area contributed by atoms with Gasteiger partial charge in [-0.05, 0) is 35.9 Å². The van der Waals surface area contributed by atoms with Gasteiger partial charge in [0, 0.05) is 5.57 Å². The summed E-state index contributed by atoms with van der Waals surface area (Å²) in [4.78, 5) is 12.6. The molecule has 3 rings (SSSR count). The molecule has 2 aromatic rings. The predicted molar refractivity (Wildman–Crippen MR) is 90.4 cm³/mol. The topological polar surface area (TPSA) is 54.0 Å². The van der Waals surface area contributed by atoms with E-state index in [1.807, 2.05) is 0 Å². The Morgan fingerprint density at radius 1 is 1.12 bits per heavy atom. The van der Waals surface area contributed by atoms with E-state index in [0.717, 1.165) is 0 Å². The molecule has 0 aliphatic carbocycles. The number of Topliss-reactive ketones (excluding diaryl/α,β-unsaturated/α-hetero) is 1. The van der Waals surface area contributed by atoms with Crippen LogP contribution in [0.5, 0.6) is 23.0 Å². The molecule has 0 radical (unpaired) electrons. The van der Waals surface area contributed by atoms with Crippen LogP contribution in [0.1, 0.15) is 15.9 Å². The molecule has 0 saturated carbocycles. The lowest BCUT2D eigenvalue weighted by molar-refractivity contribution is -0.0526. The van der Waals surface area contributed by atoms with Gasteiger partial charge in [-0.2, -0.15) is 8.78 Å². The van der Waals surface area contributed by atoms with Gasteiger partial charge in [0.05, 0.1) is 19.8 Å². The number of alkyl halides is 2. The molecule has 0 spiro atoms. The van der Waals surface area contributed by atoms with Crippen molar-refractivity contribution >= 4 is 11.9 Å². The summed E-state index contributed by atoms with van der Waals surface area (Å²) in [5.41, 5.74) is 1.43. The summed E-state index contributed by atoms with van der Waals surface area (Å²) >= 11 is 0. The SMILES string of the molecule is COc1cc(/C=C2/COc3ccccc3C2=O)cc(OC)c1OC(F)F. The Labute approximate surface area is 148 Å². The minimum absolute atomic E-state index is 0.0704. The maximum atomic E-state index is 12.6. The van der Waals surface area contributed by atoms with E-state index in [9.17, 15) is 13.6 Å². The van der Waals surface area contributed by atoms with E-state index in [4.69, 9.17) is 14.2 Å². The normalized spacial score (nSPS) is 14.8. The first-order valence-electron chi connectivity index (χ1n) is 7.71. The molecule has 0 aromatic heterocycles. The van der Waals surface area contributed by atoms with Crippen molar-refractivity contribution in [1.82, 2.24) is 0 Å². The van der Waals surface area contributed by atoms with Crippen LogP contribution in [0.4, 0.5) is 8.78 Å². The van der Waals surface area contributed by atoms with Crippen LogP contribution >= 0.6 is 0 Å². The number of benzene rings is 2. The third kappa shape index (κ3) is 3.46. The zero-order valence-electron chi connectivity index (χ0n) is 14.1. The number of carbonyl (C=O) groups is 1. The molecule has 0 N–H and O–H groups in total. The first kappa shape index (κ1) is 17.7. The van der Waals surface area contributed by atoms with Crippen LogP contribution in [0.25, 0.3) is 6.08 Å². The molecule has 5 nitrogen and oxygen atoms in total. The molecule has 1 aliphatic rings. The zero-order chi connectivity index (χ0) is 18.7. The van der Waals surface area contributed by atoms with E-state index >= 15 is 0 Å². The Kier molecular flexibility index (Phi) is 5.06. The first-order chi connectivity index (χ1) is 12.5. The molecule has 1 aliphatic heterocycles. The average Bonchev–Trinajstić information content (AvgIpc) is 2.64. The van der Waals surface area contributed by atoms with E-state index < -0.39 is 6.61 Å². The number of methoxy groups -OCH3 is 2. The fourth-order valence-electron chi connectivity index (χ4n) is 2.67. The zero-order valence-corrected chi connectivity index (χ0v) is 14.1. The van der Waals surface area contributed by atoms with Crippen molar-refractivity contribution in [2.45, 2.75) is 6.61 Å². The minimum atomic E-state index is -3.02. The van der Waals surface area contributed by atoms with Crippen molar-refractivity contribution < 1.29 is 32.5 Å². The summed E-state index contributed by atoms with van der Waals surface area (Å²) in [5.74, 6) is 0.314. The molecule has 1 heterocycles. The molecule has 0 bridgehead atoms. The summed E-state index contributed by atoms with van der Waals surface area (Å²) in [5, 5.41) is 0. The van der Waals surface area contributed by atoms with Crippen LogP contribution in [-0.2, 0) is 0 Å². The van der Waals surface area contributed by atoms with Gasteiger partial charge in [0.25, 0.3) is 0 Å². The van der Waals surface area contributed by atoms with Gasteiger partial charge in [-0.15, -0.1) is 0 Å². The number of ether oxygens (including phenoxy) is 4. The number of hydrogen-bond donors (Lipinski definition) is 0. The molecule has 0 amide bonds. The van der Waals surface area contributed by atoms with E-state index in [2.05, 4.69) is 4.74 Å². The number of para-hydroxylation sites is 1. The Balaban J connectivity index is 2.00. The van der Waals surface area contributed by atoms with E-state index in [1.54, 1.807) is 30.3 Å². The van der Waals surface area contributed by atoms with Gasteiger partial charge >= 0.3 is 6.61 Å². The van der Waals surface area contributed by atoms with E-state index in [0.29, 0.717) is 22.4 Å². The fraction of sp³-hybridized carbons (Fsp3) is 0.211. The van der Waals surface area contributed by atoms with Gasteiger partial charge in [0.2, 0.25) is 5.75 Å². The molecule has 0 fully saturated rings. The highest BCUT2D eigenvalue weighted by molar-refractivity contribution is 6.14. The number of fused-ring (bicyclic) bond motifs is 1. The molecule has 0 atom stereocenters. The van der Waals surface area contributed by atoms with Crippen LogP contribution in [0.3, 0.4) is 0 Å². The molecule has 136 valence electrons. The van der Waals surface area contributed by atoms with Crippen LogP contribution in [-0.4, -0.2) is 33.2 Å². The molecule has 0 unspecified atom stereocenters. The minimum Gasteiger partial charge on any atom is -0.493 e. The number of rotatable bonds is 5. The summed E-state index contributed by atoms with van der Waals surface area (Å²) in [6.45, 7) is -2.91. The van der Waals surface area contributed by atoms with Crippen LogP contribution in [0, 0.1) is 0 Å². The molecule has 0 saturated heterocycles. The lowest BCUT2D eigenvalue weighted by Crippen LogP contribution is -2.18. The van der Waals surface area contributed by atoms with Gasteiger partial charge in [-0.3, -0.25) is 4.79 Å². The summed E-state index contributed by atoms with van der Waals surface area (Å²) in [6, 6.07) is 9.93. The number of hydrogen-bond acceptors (Lipinski definition) is 5. The molecule has 2 aromatic carbocycles. The van der Waals surface area contributed by atoms with Crippen molar-refractivity contribution in [3.63, 3.8) is 0 Å². The molecular formula is C19H16F2O5. The highest BCUT2D eigenvalue weighted by Crippen LogP contribution is 2.40. The number of carbonyl (C=O) groups excluding carboxylic acids is 1. The molecular weight excluding hydrogens is 346 g/mol. The Morgan fingerprint density at radius 2 is 1.77 bits per heavy atom. The second-order valence-corrected chi connectivity index (χ2v) is 5.42. The Bertz CT molecular complexity index is 836. The standard InChI is InChI=1S/C19H16F2O5/c1-23-15-8-11(9-16(24-2)18(15)26-19(20)21)7-12-10-25-14-6-4-3-5-13(14)17(12)22/h3-9,19H,10H2,1-2H3/b12-7-. The Morgan fingerprint density at radius 3 is 2.38 bits per heavy atom. The quantitative estimate of drug-likeness (QED) is 0.754. The highest BCUT2D eigenvalue weighted by Gasteiger charge is 2.23. The second kappa shape index (κ2) is 7.43. The average molecular weight is 362 g/mol. The van der Waals surface area contributed by atoms with Gasteiger partial charge in [-0.1, -0.05) is 12.1 Å². The summed E-state index contributed by atoms with van der Waals surface area (Å²) < 4.78 is 45.5. The Hall–Kier alpha value is -3.09. The predicted octanol–water partition coefficient (Wildman–Crippen LogP) is 3.96. The molecule has 7 heteroatoms. The smallest absolute Gasteiger partial charge is 0.387 e. The van der Waals surface area contributed by atoms with Gasteiger partial charge < -0.3 is 18.9 Å². The first-order valence-corrected chi connectivity index (χ1v) is 7.71. The third-order valence-electron chi connectivity index (χ3n) is 3.84. The van der Waals surface area contributed by atoms with Gasteiger partial charge in [0.15, 0.2) is 17.3 Å². The van der Waals surface area contributed by atoms with Crippen LogP contribution in [0.2, 0.25) is 0 Å². The van der Waals surface area contributed by atoms with E-state index in [-0.39, 0.29) is 29.6 Å². The van der Waals surface area contributed by atoms with Crippen molar-refractivity contribution in [3.05, 3.63) is 53.1 Å². The second-order valence-electron chi connectivity index (χ2n) is 5.42. The highest BCUT2D eigenvalue weighted by atomic mass is 19.3. The summed E-state index contributed by atoms with van der Waals surface area (Å²) in [7, 11) is 2.66. The van der Waals surface area contributed by atoms with Crippen LogP contribution in [0.15, 0.2) is 42.0 Å². The maximum Gasteiger partial charge on any atom is 0.387 e. The summed E-state index contributed by atoms with van der Waals surface area (Å²) in [6.07, 6.45) is 1.61. The fourth-order valence-corrected chi connectivity index (χ4v) is 2.67. The number of halogens is 2. The van der Waals surface area contributed by atoms with Gasteiger partial charge in [-0.25, -0.2) is 0 Å². The van der Waals surface area contributed by atoms with Crippen molar-refractivity contribution in [1.29, 1.82) is 0 Å². The maximum absolute atomic E-state index is 12.6.